The average Bonchev–Trinajstić information content (AvgIpc) is 3.40. The van der Waals surface area contributed by atoms with Gasteiger partial charge in [-0.25, -0.2) is 9.18 Å². The highest BCUT2D eigenvalue weighted by atomic mass is 19.1. The number of benzene rings is 3. The predicted molar refractivity (Wildman–Crippen MR) is 143 cm³/mol. The van der Waals surface area contributed by atoms with Crippen molar-refractivity contribution in [1.29, 1.82) is 0 Å². The molecule has 3 amide bonds. The van der Waals surface area contributed by atoms with Gasteiger partial charge in [-0.3, -0.25) is 14.9 Å². The monoisotopic (exact) mass is 514 g/mol. The molecule has 3 aromatic carbocycles. The number of piperidine rings is 1. The number of ether oxygens (including phenoxy) is 1. The molecule has 0 bridgehead atoms. The van der Waals surface area contributed by atoms with Crippen LogP contribution in [0.15, 0.2) is 72.9 Å². The van der Waals surface area contributed by atoms with Crippen LogP contribution in [0.25, 0.3) is 10.9 Å². The summed E-state index contributed by atoms with van der Waals surface area (Å²) in [4.78, 5) is 41.9. The van der Waals surface area contributed by atoms with Gasteiger partial charge < -0.3 is 19.9 Å². The fourth-order valence-corrected chi connectivity index (χ4v) is 4.78. The average molecular weight is 515 g/mol. The van der Waals surface area contributed by atoms with Gasteiger partial charge in [0.15, 0.2) is 0 Å². The van der Waals surface area contributed by atoms with E-state index >= 15 is 0 Å². The van der Waals surface area contributed by atoms with Crippen LogP contribution in [-0.4, -0.2) is 48.0 Å². The van der Waals surface area contributed by atoms with Gasteiger partial charge in [0, 0.05) is 47.1 Å². The molecule has 1 aromatic heterocycles. The summed E-state index contributed by atoms with van der Waals surface area (Å²) in [5, 5.41) is 6.11. The highest BCUT2D eigenvalue weighted by Gasteiger charge is 2.25. The van der Waals surface area contributed by atoms with E-state index in [0.29, 0.717) is 35.5 Å². The fraction of sp³-hybridized carbons (Fsp3) is 0.207. The molecule has 8 nitrogen and oxygen atoms in total. The summed E-state index contributed by atoms with van der Waals surface area (Å²) < 4.78 is 19.0. The van der Waals surface area contributed by atoms with Gasteiger partial charge in [-0.15, -0.1) is 0 Å². The minimum absolute atomic E-state index is 0.00942. The van der Waals surface area contributed by atoms with Gasteiger partial charge in [0.05, 0.1) is 12.7 Å². The lowest BCUT2D eigenvalue weighted by Crippen LogP contribution is -2.37. The molecule has 4 aromatic rings. The van der Waals surface area contributed by atoms with Crippen molar-refractivity contribution < 1.29 is 23.5 Å². The first kappa shape index (κ1) is 25.0. The van der Waals surface area contributed by atoms with E-state index in [9.17, 15) is 18.8 Å². The molecule has 38 heavy (non-hydrogen) atoms. The first-order chi connectivity index (χ1) is 18.4. The van der Waals surface area contributed by atoms with E-state index in [2.05, 4.69) is 20.4 Å². The van der Waals surface area contributed by atoms with E-state index in [4.69, 9.17) is 0 Å². The van der Waals surface area contributed by atoms with Crippen LogP contribution in [0.1, 0.15) is 45.0 Å². The van der Waals surface area contributed by atoms with Gasteiger partial charge >= 0.3 is 6.09 Å². The van der Waals surface area contributed by atoms with Crippen LogP contribution in [0.3, 0.4) is 0 Å². The summed E-state index contributed by atoms with van der Waals surface area (Å²) >= 11 is 0. The molecule has 1 fully saturated rings. The molecule has 0 radical (unpaired) electrons. The third-order valence-corrected chi connectivity index (χ3v) is 6.85. The summed E-state index contributed by atoms with van der Waals surface area (Å²) in [6.45, 7) is 1.22. The Morgan fingerprint density at radius 2 is 1.71 bits per heavy atom. The summed E-state index contributed by atoms with van der Waals surface area (Å²) in [6.07, 6.45) is 2.72. The number of halogens is 1. The molecule has 1 saturated heterocycles. The number of fused-ring (bicyclic) bond motifs is 1. The van der Waals surface area contributed by atoms with Crippen LogP contribution in [0, 0.1) is 5.82 Å². The maximum Gasteiger partial charge on any atom is 0.411 e. The van der Waals surface area contributed by atoms with Crippen molar-refractivity contribution in [3.05, 3.63) is 95.4 Å². The Balaban J connectivity index is 1.17. The molecular weight excluding hydrogens is 487 g/mol. The maximum atomic E-state index is 14.4. The Labute approximate surface area is 218 Å². The van der Waals surface area contributed by atoms with Gasteiger partial charge in [0.25, 0.3) is 11.8 Å². The smallest absolute Gasteiger partial charge is 0.411 e. The predicted octanol–water partition coefficient (Wildman–Crippen LogP) is 5.76. The van der Waals surface area contributed by atoms with Crippen molar-refractivity contribution in [3.8, 4) is 0 Å². The number of carbonyl (C=O) groups is 3. The number of aromatic amines is 1. The first-order valence-corrected chi connectivity index (χ1v) is 12.3. The largest absolute Gasteiger partial charge is 0.453 e. The highest BCUT2D eigenvalue weighted by Crippen LogP contribution is 2.30. The van der Waals surface area contributed by atoms with E-state index < -0.39 is 17.8 Å². The number of amides is 3. The second-order valence-corrected chi connectivity index (χ2v) is 9.24. The zero-order valence-corrected chi connectivity index (χ0v) is 20.8. The molecule has 0 atom stereocenters. The van der Waals surface area contributed by atoms with Crippen molar-refractivity contribution >= 4 is 40.2 Å². The summed E-state index contributed by atoms with van der Waals surface area (Å²) in [7, 11) is 1.28. The number of aromatic nitrogens is 1. The summed E-state index contributed by atoms with van der Waals surface area (Å²) in [5.41, 5.74) is 3.34. The lowest BCUT2D eigenvalue weighted by atomic mass is 9.89. The van der Waals surface area contributed by atoms with Gasteiger partial charge in [-0.1, -0.05) is 18.2 Å². The normalized spacial score (nSPS) is 13.8. The number of carbonyl (C=O) groups excluding carboxylic acids is 3. The number of methoxy groups -OCH3 is 1. The SMILES string of the molecule is COC(=O)Nc1cccc(C(=O)N2CCC(c3ccc(NC(=O)c4cc5cc[nH]c5cc4F)cc3)CC2)c1. The molecular formula is C29H27FN4O4. The minimum Gasteiger partial charge on any atom is -0.453 e. The fourth-order valence-electron chi connectivity index (χ4n) is 4.78. The van der Waals surface area contributed by atoms with Crippen LogP contribution >= 0.6 is 0 Å². The van der Waals surface area contributed by atoms with Gasteiger partial charge in [-0.05, 0) is 72.9 Å². The number of hydrogen-bond donors (Lipinski definition) is 3. The number of likely N-dealkylation sites (tertiary alicyclic amines) is 1. The van der Waals surface area contributed by atoms with Gasteiger partial charge in [-0.2, -0.15) is 0 Å². The van der Waals surface area contributed by atoms with E-state index in [-0.39, 0.29) is 17.4 Å². The van der Waals surface area contributed by atoms with Crippen LogP contribution in [-0.2, 0) is 4.74 Å². The Kier molecular flexibility index (Phi) is 7.08. The Morgan fingerprint density at radius 3 is 2.45 bits per heavy atom. The zero-order valence-electron chi connectivity index (χ0n) is 20.8. The molecule has 5 rings (SSSR count). The van der Waals surface area contributed by atoms with Crippen molar-refractivity contribution in [3.63, 3.8) is 0 Å². The second kappa shape index (κ2) is 10.8. The summed E-state index contributed by atoms with van der Waals surface area (Å²) in [6, 6.07) is 19.0. The second-order valence-electron chi connectivity index (χ2n) is 9.24. The number of rotatable bonds is 5. The molecule has 0 aliphatic carbocycles. The lowest BCUT2D eigenvalue weighted by Gasteiger charge is -2.32. The number of nitrogens with zero attached hydrogens (tertiary/aromatic N) is 1. The number of hydrogen-bond acceptors (Lipinski definition) is 4. The maximum absolute atomic E-state index is 14.4. The van der Waals surface area contributed by atoms with E-state index in [1.54, 1.807) is 36.5 Å². The third-order valence-electron chi connectivity index (χ3n) is 6.85. The van der Waals surface area contributed by atoms with Gasteiger partial charge in [0.1, 0.15) is 5.82 Å². The van der Waals surface area contributed by atoms with Gasteiger partial charge in [0.2, 0.25) is 0 Å². The molecule has 1 aliphatic heterocycles. The standard InChI is InChI=1S/C29H27FN4O4/c1-38-29(37)33-23-4-2-3-21(15-23)28(36)34-13-10-19(11-14-34)18-5-7-22(8-6-18)32-27(35)24-16-20-9-12-31-26(20)17-25(24)30/h2-9,12,15-17,19,31H,10-11,13-14H2,1H3,(H,32,35)(H,33,37). The quantitative estimate of drug-likeness (QED) is 0.315. The van der Waals surface area contributed by atoms with Crippen LogP contribution in [0.2, 0.25) is 0 Å². The van der Waals surface area contributed by atoms with Crippen LogP contribution in [0.4, 0.5) is 20.6 Å². The first-order valence-electron chi connectivity index (χ1n) is 12.3. The molecule has 9 heteroatoms. The molecule has 194 valence electrons. The minimum atomic E-state index is -0.591. The van der Waals surface area contributed by atoms with Crippen molar-refractivity contribution in [1.82, 2.24) is 9.88 Å². The van der Waals surface area contributed by atoms with Crippen LogP contribution < -0.4 is 10.6 Å². The topological polar surface area (TPSA) is 104 Å². The third kappa shape index (κ3) is 5.36. The van der Waals surface area contributed by atoms with Crippen molar-refractivity contribution in [2.45, 2.75) is 18.8 Å². The molecule has 0 spiro atoms. The van der Waals surface area contributed by atoms with E-state index in [1.807, 2.05) is 29.2 Å². The van der Waals surface area contributed by atoms with Crippen molar-refractivity contribution in [2.24, 2.45) is 0 Å². The number of H-pyrrole nitrogens is 1. The number of nitrogens with one attached hydrogen (secondary N) is 3. The molecule has 3 N–H and O–H groups in total. The highest BCUT2D eigenvalue weighted by molar-refractivity contribution is 6.06. The zero-order chi connectivity index (χ0) is 26.6. The Morgan fingerprint density at radius 1 is 0.947 bits per heavy atom. The summed E-state index contributed by atoms with van der Waals surface area (Å²) in [5.74, 6) is -0.887. The van der Waals surface area contributed by atoms with E-state index in [0.717, 1.165) is 23.8 Å². The Bertz CT molecular complexity index is 1490. The molecule has 2 heterocycles. The van der Waals surface area contributed by atoms with E-state index in [1.165, 1.54) is 19.2 Å². The Hall–Kier alpha value is -4.66. The molecule has 0 saturated carbocycles. The molecule has 0 unspecified atom stereocenters. The van der Waals surface area contributed by atoms with Crippen LogP contribution in [0.5, 0.6) is 0 Å². The lowest BCUT2D eigenvalue weighted by molar-refractivity contribution is 0.0713. The van der Waals surface area contributed by atoms with Crippen molar-refractivity contribution in [2.75, 3.05) is 30.8 Å². The molecule has 1 aliphatic rings. The number of anilines is 2.